The van der Waals surface area contributed by atoms with Crippen LogP contribution in [0.4, 0.5) is 0 Å². The van der Waals surface area contributed by atoms with Crippen LogP contribution >= 0.6 is 0 Å². The van der Waals surface area contributed by atoms with Gasteiger partial charge in [-0.05, 0) is 68.2 Å². The molecule has 0 radical (unpaired) electrons. The fourth-order valence-corrected chi connectivity index (χ4v) is 5.15. The number of hydrogen-bond acceptors (Lipinski definition) is 5. The Morgan fingerprint density at radius 2 is 1.02 bits per heavy atom. The van der Waals surface area contributed by atoms with Gasteiger partial charge in [-0.2, -0.15) is 0 Å². The first-order chi connectivity index (χ1) is 20.3. The van der Waals surface area contributed by atoms with Gasteiger partial charge in [0.2, 0.25) is 0 Å². The van der Waals surface area contributed by atoms with Crippen molar-refractivity contribution in [3.8, 4) is 39.9 Å². The van der Waals surface area contributed by atoms with Crippen molar-refractivity contribution in [2.24, 2.45) is 0 Å². The summed E-state index contributed by atoms with van der Waals surface area (Å²) >= 11 is 0. The SMILES string of the molecule is CC1(C)OB(c2ccc3cn(-c4ccc(-c5nc(-c6ccccc6)nc(-c6ccccc6)n5)cc4)cc3c2)OC1(C)C. The Morgan fingerprint density at radius 1 is 0.548 bits per heavy atom. The first-order valence-electron chi connectivity index (χ1n) is 14.2. The maximum absolute atomic E-state index is 6.27. The maximum Gasteiger partial charge on any atom is 0.494 e. The fraction of sp³-hybridized carbons (Fsp3) is 0.171. The highest BCUT2D eigenvalue weighted by Gasteiger charge is 2.51. The van der Waals surface area contributed by atoms with Crippen molar-refractivity contribution in [2.75, 3.05) is 0 Å². The van der Waals surface area contributed by atoms with Crippen LogP contribution in [0.25, 0.3) is 50.6 Å². The van der Waals surface area contributed by atoms with E-state index in [9.17, 15) is 0 Å². The van der Waals surface area contributed by atoms with E-state index in [1.165, 1.54) is 0 Å². The van der Waals surface area contributed by atoms with Gasteiger partial charge in [0, 0.05) is 34.8 Å². The molecule has 0 amide bonds. The molecule has 1 aliphatic heterocycles. The predicted octanol–water partition coefficient (Wildman–Crippen LogP) is 7.12. The number of benzene rings is 4. The van der Waals surface area contributed by atoms with E-state index in [4.69, 9.17) is 24.3 Å². The summed E-state index contributed by atoms with van der Waals surface area (Å²) in [4.78, 5) is 14.5. The lowest BCUT2D eigenvalue weighted by atomic mass is 9.78. The Balaban J connectivity index is 1.20. The maximum atomic E-state index is 6.27. The Kier molecular flexibility index (Phi) is 6.30. The van der Waals surface area contributed by atoms with Gasteiger partial charge in [-0.1, -0.05) is 78.9 Å². The predicted molar refractivity (Wildman–Crippen MR) is 169 cm³/mol. The standard InChI is InChI=1S/C35H31BN4O2/c1-34(2)35(3,4)42-36(41-34)29-18-15-27-22-40(23-28(27)21-29)30-19-16-26(17-20-30)33-38-31(24-11-7-5-8-12-24)37-32(39-33)25-13-9-6-10-14-25/h5-23H,1-4H3. The van der Waals surface area contributed by atoms with Crippen molar-refractivity contribution in [1.82, 2.24) is 19.5 Å². The Bertz CT molecular complexity index is 1810. The van der Waals surface area contributed by atoms with Crippen LogP contribution in [0.1, 0.15) is 27.7 Å². The largest absolute Gasteiger partial charge is 0.494 e. The highest BCUT2D eigenvalue weighted by molar-refractivity contribution is 6.62. The number of fused-ring (bicyclic) bond motifs is 1. The highest BCUT2D eigenvalue weighted by Crippen LogP contribution is 2.36. The van der Waals surface area contributed by atoms with Crippen molar-refractivity contribution >= 4 is 23.4 Å². The van der Waals surface area contributed by atoms with Gasteiger partial charge in [-0.15, -0.1) is 0 Å². The first-order valence-corrected chi connectivity index (χ1v) is 14.2. The Labute approximate surface area is 246 Å². The van der Waals surface area contributed by atoms with Gasteiger partial charge >= 0.3 is 7.12 Å². The van der Waals surface area contributed by atoms with E-state index < -0.39 is 0 Å². The van der Waals surface area contributed by atoms with Crippen LogP contribution in [-0.2, 0) is 9.31 Å². The average Bonchev–Trinajstić information content (AvgIpc) is 3.54. The van der Waals surface area contributed by atoms with Gasteiger partial charge in [-0.3, -0.25) is 0 Å². The van der Waals surface area contributed by atoms with E-state index in [0.717, 1.165) is 38.6 Å². The van der Waals surface area contributed by atoms with Crippen LogP contribution in [0.15, 0.2) is 116 Å². The molecule has 1 fully saturated rings. The second-order valence-corrected chi connectivity index (χ2v) is 11.7. The minimum Gasteiger partial charge on any atom is -0.399 e. The molecular weight excluding hydrogens is 519 g/mol. The monoisotopic (exact) mass is 550 g/mol. The molecule has 3 heterocycles. The van der Waals surface area contributed by atoms with Crippen LogP contribution in [0.2, 0.25) is 0 Å². The van der Waals surface area contributed by atoms with Crippen LogP contribution < -0.4 is 5.46 Å². The van der Waals surface area contributed by atoms with Crippen molar-refractivity contribution in [1.29, 1.82) is 0 Å². The third kappa shape index (κ3) is 4.81. The summed E-state index contributed by atoms with van der Waals surface area (Å²) in [6, 6.07) is 34.7. The molecule has 0 spiro atoms. The molecule has 0 bridgehead atoms. The molecule has 42 heavy (non-hydrogen) atoms. The lowest BCUT2D eigenvalue weighted by molar-refractivity contribution is 0.00578. The fourth-order valence-electron chi connectivity index (χ4n) is 5.15. The third-order valence-corrected chi connectivity index (χ3v) is 8.32. The third-order valence-electron chi connectivity index (χ3n) is 8.32. The summed E-state index contributed by atoms with van der Waals surface area (Å²) in [7, 11) is -0.385. The summed E-state index contributed by atoms with van der Waals surface area (Å²) in [5, 5.41) is 2.28. The zero-order valence-corrected chi connectivity index (χ0v) is 24.2. The topological polar surface area (TPSA) is 62.1 Å². The zero-order chi connectivity index (χ0) is 28.9. The minimum atomic E-state index is -0.385. The van der Waals surface area contributed by atoms with Gasteiger partial charge < -0.3 is 13.9 Å². The minimum absolute atomic E-state index is 0.372. The number of rotatable bonds is 5. The van der Waals surface area contributed by atoms with Crippen LogP contribution in [0, 0.1) is 0 Å². The summed E-state index contributed by atoms with van der Waals surface area (Å²) in [6.07, 6.45) is 4.28. The van der Waals surface area contributed by atoms with Crippen molar-refractivity contribution in [3.63, 3.8) is 0 Å². The molecule has 1 aliphatic rings. The van der Waals surface area contributed by atoms with Crippen LogP contribution in [-0.4, -0.2) is 37.8 Å². The lowest BCUT2D eigenvalue weighted by Crippen LogP contribution is -2.41. The second kappa shape index (κ2) is 10.0. The molecule has 0 aliphatic carbocycles. The van der Waals surface area contributed by atoms with E-state index in [1.54, 1.807) is 0 Å². The molecule has 7 heteroatoms. The van der Waals surface area contributed by atoms with Crippen molar-refractivity contribution in [3.05, 3.63) is 116 Å². The van der Waals surface area contributed by atoms with E-state index >= 15 is 0 Å². The van der Waals surface area contributed by atoms with Gasteiger partial charge in [0.05, 0.1) is 11.2 Å². The molecule has 0 N–H and O–H groups in total. The summed E-state index contributed by atoms with van der Waals surface area (Å²) in [5.74, 6) is 1.94. The molecule has 7 rings (SSSR count). The normalized spacial score (nSPS) is 15.8. The molecular formula is C35H31BN4O2. The summed E-state index contributed by atoms with van der Waals surface area (Å²) in [5.41, 5.74) is 4.16. The molecule has 0 unspecified atom stereocenters. The molecule has 206 valence electrons. The van der Waals surface area contributed by atoms with Gasteiger partial charge in [-0.25, -0.2) is 15.0 Å². The van der Waals surface area contributed by atoms with Crippen molar-refractivity contribution in [2.45, 2.75) is 38.9 Å². The van der Waals surface area contributed by atoms with Crippen LogP contribution in [0.3, 0.4) is 0 Å². The first kappa shape index (κ1) is 26.3. The molecule has 6 nitrogen and oxygen atoms in total. The number of nitrogens with zero attached hydrogens (tertiary/aromatic N) is 4. The van der Waals surface area contributed by atoms with Gasteiger partial charge in [0.25, 0.3) is 0 Å². The van der Waals surface area contributed by atoms with E-state index in [2.05, 4.69) is 87.1 Å². The molecule has 2 aromatic heterocycles. The van der Waals surface area contributed by atoms with Crippen molar-refractivity contribution < 1.29 is 9.31 Å². The molecule has 1 saturated heterocycles. The zero-order valence-electron chi connectivity index (χ0n) is 24.2. The van der Waals surface area contributed by atoms with Crippen LogP contribution in [0.5, 0.6) is 0 Å². The molecule has 0 atom stereocenters. The van der Waals surface area contributed by atoms with Gasteiger partial charge in [0.15, 0.2) is 17.5 Å². The van der Waals surface area contributed by atoms with Gasteiger partial charge in [0.1, 0.15) is 0 Å². The lowest BCUT2D eigenvalue weighted by Gasteiger charge is -2.32. The quantitative estimate of drug-likeness (QED) is 0.214. The second-order valence-electron chi connectivity index (χ2n) is 11.7. The summed E-state index contributed by atoms with van der Waals surface area (Å²) in [6.45, 7) is 8.31. The highest BCUT2D eigenvalue weighted by atomic mass is 16.7. The molecule has 6 aromatic rings. The van der Waals surface area contributed by atoms with E-state index in [0.29, 0.717) is 17.5 Å². The molecule has 0 saturated carbocycles. The summed E-state index contributed by atoms with van der Waals surface area (Å²) < 4.78 is 14.7. The smallest absolute Gasteiger partial charge is 0.399 e. The van der Waals surface area contributed by atoms with E-state index in [-0.39, 0.29) is 18.3 Å². The Morgan fingerprint density at radius 3 is 1.55 bits per heavy atom. The number of hydrogen-bond donors (Lipinski definition) is 0. The average molecular weight is 550 g/mol. The molecule has 4 aromatic carbocycles. The number of aromatic nitrogens is 4. The van der Waals surface area contributed by atoms with E-state index in [1.807, 2.05) is 60.7 Å². The Hall–Kier alpha value is -4.59.